The molecule has 0 aromatic heterocycles. The van der Waals surface area contributed by atoms with Crippen LogP contribution in [-0.4, -0.2) is 21.8 Å². The van der Waals surface area contributed by atoms with Crippen molar-refractivity contribution in [2.75, 3.05) is 0 Å². The van der Waals surface area contributed by atoms with E-state index in [0.29, 0.717) is 43.8 Å². The van der Waals surface area contributed by atoms with Gasteiger partial charge in [0.1, 0.15) is 11.5 Å². The molecule has 0 aliphatic heterocycles. The monoisotopic (exact) mass is 554 g/mol. The first kappa shape index (κ1) is 36.6. The maximum Gasteiger partial charge on any atom is 0.194 e. The Morgan fingerprint density at radius 2 is 0.537 bits per heavy atom. The van der Waals surface area contributed by atoms with Crippen LogP contribution in [0, 0.1) is 0 Å². The molecule has 4 nitrogen and oxygen atoms in total. The second-order valence-electron chi connectivity index (χ2n) is 7.54. The molecule has 0 fully saturated rings. The summed E-state index contributed by atoms with van der Waals surface area (Å²) in [5, 5.41) is 23.0. The standard InChI is InChI=1S/C14H10O2.C14H8O2.4C2H6.CH4/c2*15-13-9-5-1-2-6-10(9)14(16)12-8-4-3-7-11(12)13;4*1-2;/h1-8,15-16H;1-8H;4*1-2H3;1H4. The van der Waals surface area contributed by atoms with Crippen LogP contribution in [0.15, 0.2) is 97.1 Å². The van der Waals surface area contributed by atoms with E-state index in [9.17, 15) is 19.8 Å². The fourth-order valence-electron chi connectivity index (χ4n) is 4.13. The molecule has 0 saturated heterocycles. The average Bonchev–Trinajstić information content (AvgIpc) is 3.06. The SMILES string of the molecule is C.CC.CC.CC.CC.O=C1c2ccccc2C(=O)c2ccccc21.Oc1c2ccccc2c(O)c2ccccc12. The predicted octanol–water partition coefficient (Wildman–Crippen LogP) is 10.6. The lowest BCUT2D eigenvalue weighted by Crippen LogP contribution is -2.20. The van der Waals surface area contributed by atoms with Gasteiger partial charge in [0.25, 0.3) is 0 Å². The van der Waals surface area contributed by atoms with E-state index in [-0.39, 0.29) is 30.5 Å². The quantitative estimate of drug-likeness (QED) is 0.145. The molecule has 41 heavy (non-hydrogen) atoms. The number of carbonyl (C=O) groups excluding carboxylic acids is 2. The number of carbonyl (C=O) groups is 2. The minimum atomic E-state index is -0.0641. The number of hydrogen-bond acceptors (Lipinski definition) is 4. The number of aromatic hydroxyl groups is 2. The van der Waals surface area contributed by atoms with Gasteiger partial charge in [-0.05, 0) is 0 Å². The molecule has 6 rings (SSSR count). The minimum Gasteiger partial charge on any atom is -0.507 e. The zero-order chi connectivity index (χ0) is 30.2. The van der Waals surface area contributed by atoms with Gasteiger partial charge in [0.2, 0.25) is 0 Å². The van der Waals surface area contributed by atoms with Gasteiger partial charge < -0.3 is 10.2 Å². The van der Waals surface area contributed by atoms with Gasteiger partial charge in [0.05, 0.1) is 0 Å². The number of fused-ring (bicyclic) bond motifs is 4. The van der Waals surface area contributed by atoms with Gasteiger partial charge in [-0.25, -0.2) is 0 Å². The van der Waals surface area contributed by atoms with Crippen molar-refractivity contribution < 1.29 is 19.8 Å². The Hall–Kier alpha value is -4.44. The summed E-state index contributed by atoms with van der Waals surface area (Å²) >= 11 is 0. The molecule has 0 atom stereocenters. The van der Waals surface area contributed by atoms with Gasteiger partial charge in [-0.15, -0.1) is 0 Å². The molecule has 0 spiro atoms. The molecular formula is C37H46O4. The van der Waals surface area contributed by atoms with Crippen molar-refractivity contribution in [1.82, 2.24) is 0 Å². The van der Waals surface area contributed by atoms with E-state index in [1.807, 2.05) is 79.7 Å². The summed E-state index contributed by atoms with van der Waals surface area (Å²) in [5.41, 5.74) is 2.02. The van der Waals surface area contributed by atoms with E-state index < -0.39 is 0 Å². The van der Waals surface area contributed by atoms with Crippen molar-refractivity contribution >= 4 is 33.1 Å². The van der Waals surface area contributed by atoms with Crippen molar-refractivity contribution in [2.45, 2.75) is 62.8 Å². The predicted molar refractivity (Wildman–Crippen MR) is 177 cm³/mol. The highest BCUT2D eigenvalue weighted by Crippen LogP contribution is 2.40. The number of phenols is 2. The minimum absolute atomic E-state index is 0. The number of hydrogen-bond donors (Lipinski definition) is 2. The lowest BCUT2D eigenvalue weighted by Gasteiger charge is -2.16. The van der Waals surface area contributed by atoms with E-state index in [2.05, 4.69) is 0 Å². The summed E-state index contributed by atoms with van der Waals surface area (Å²) in [5.74, 6) is 0.324. The molecule has 0 unspecified atom stereocenters. The molecule has 0 saturated carbocycles. The van der Waals surface area contributed by atoms with Gasteiger partial charge in [-0.1, -0.05) is 160 Å². The fourth-order valence-corrected chi connectivity index (χ4v) is 4.13. The van der Waals surface area contributed by atoms with Gasteiger partial charge in [0.15, 0.2) is 11.6 Å². The third-order valence-electron chi connectivity index (χ3n) is 5.71. The normalized spacial score (nSPS) is 10.0. The van der Waals surface area contributed by atoms with Crippen LogP contribution in [0.2, 0.25) is 0 Å². The number of phenolic OH excluding ortho intramolecular Hbond substituents is 2. The summed E-state index contributed by atoms with van der Waals surface area (Å²) in [4.78, 5) is 24.2. The maximum atomic E-state index is 12.1. The van der Waals surface area contributed by atoms with Crippen LogP contribution in [0.1, 0.15) is 94.7 Å². The first-order chi connectivity index (χ1) is 19.6. The Bertz CT molecular complexity index is 1310. The van der Waals surface area contributed by atoms with Crippen molar-refractivity contribution in [2.24, 2.45) is 0 Å². The average molecular weight is 555 g/mol. The van der Waals surface area contributed by atoms with Gasteiger partial charge in [0, 0.05) is 43.8 Å². The van der Waals surface area contributed by atoms with E-state index in [1.165, 1.54) is 0 Å². The Labute approximate surface area is 246 Å². The lowest BCUT2D eigenvalue weighted by molar-refractivity contribution is 0.0979. The Morgan fingerprint density at radius 1 is 0.366 bits per heavy atom. The smallest absolute Gasteiger partial charge is 0.194 e. The van der Waals surface area contributed by atoms with Crippen LogP contribution in [0.5, 0.6) is 11.5 Å². The third kappa shape index (κ3) is 7.82. The summed E-state index contributed by atoms with van der Waals surface area (Å²) in [6, 6.07) is 28.5. The summed E-state index contributed by atoms with van der Waals surface area (Å²) < 4.78 is 0. The van der Waals surface area contributed by atoms with Gasteiger partial charge >= 0.3 is 0 Å². The number of rotatable bonds is 0. The van der Waals surface area contributed by atoms with Crippen LogP contribution in [0.25, 0.3) is 21.5 Å². The van der Waals surface area contributed by atoms with Crippen LogP contribution in [0.3, 0.4) is 0 Å². The zero-order valence-electron chi connectivity index (χ0n) is 24.9. The first-order valence-corrected chi connectivity index (χ1v) is 14.2. The Kier molecular flexibility index (Phi) is 16.7. The van der Waals surface area contributed by atoms with E-state index in [1.54, 1.807) is 72.8 Å². The Balaban J connectivity index is 0.000000617. The fraction of sp³-hybridized carbons (Fsp3) is 0.243. The molecular weight excluding hydrogens is 508 g/mol. The van der Waals surface area contributed by atoms with Gasteiger partial charge in [-0.2, -0.15) is 0 Å². The van der Waals surface area contributed by atoms with Crippen molar-refractivity contribution in [3.63, 3.8) is 0 Å². The van der Waals surface area contributed by atoms with Crippen molar-refractivity contribution in [3.05, 3.63) is 119 Å². The van der Waals surface area contributed by atoms with Crippen LogP contribution < -0.4 is 0 Å². The highest BCUT2D eigenvalue weighted by atomic mass is 16.3. The molecule has 0 amide bonds. The zero-order valence-corrected chi connectivity index (χ0v) is 24.9. The van der Waals surface area contributed by atoms with Crippen LogP contribution in [-0.2, 0) is 0 Å². The third-order valence-corrected chi connectivity index (χ3v) is 5.71. The molecule has 1 aliphatic rings. The molecule has 0 heterocycles. The van der Waals surface area contributed by atoms with E-state index in [0.717, 1.165) is 0 Å². The highest BCUT2D eigenvalue weighted by Gasteiger charge is 2.28. The number of benzene rings is 5. The van der Waals surface area contributed by atoms with Crippen molar-refractivity contribution in [3.8, 4) is 11.5 Å². The Morgan fingerprint density at radius 3 is 0.732 bits per heavy atom. The second-order valence-corrected chi connectivity index (χ2v) is 7.54. The lowest BCUT2D eigenvalue weighted by atomic mass is 9.84. The summed E-state index contributed by atoms with van der Waals surface area (Å²) in [7, 11) is 0. The maximum absolute atomic E-state index is 12.1. The van der Waals surface area contributed by atoms with Crippen LogP contribution in [0.4, 0.5) is 0 Å². The highest BCUT2D eigenvalue weighted by molar-refractivity contribution is 6.28. The molecule has 0 radical (unpaired) electrons. The van der Waals surface area contributed by atoms with Crippen molar-refractivity contribution in [1.29, 1.82) is 0 Å². The molecule has 0 bridgehead atoms. The second kappa shape index (κ2) is 18.8. The summed E-state index contributed by atoms with van der Waals surface area (Å²) in [6.07, 6.45) is 0. The molecule has 2 N–H and O–H groups in total. The van der Waals surface area contributed by atoms with Crippen LogP contribution >= 0.6 is 0 Å². The van der Waals surface area contributed by atoms with Gasteiger partial charge in [-0.3, -0.25) is 9.59 Å². The molecule has 218 valence electrons. The van der Waals surface area contributed by atoms with E-state index >= 15 is 0 Å². The molecule has 4 heteroatoms. The summed E-state index contributed by atoms with van der Waals surface area (Å²) in [6.45, 7) is 16.0. The largest absolute Gasteiger partial charge is 0.507 e. The molecule has 5 aromatic carbocycles. The molecule has 5 aromatic rings. The number of ketones is 2. The molecule has 1 aliphatic carbocycles. The van der Waals surface area contributed by atoms with E-state index in [4.69, 9.17) is 0 Å². The topological polar surface area (TPSA) is 74.6 Å². The first-order valence-electron chi connectivity index (χ1n) is 14.2.